The molecule has 0 saturated carbocycles. The Labute approximate surface area is 134 Å². The molecule has 2 amide bonds. The van der Waals surface area contributed by atoms with E-state index in [-0.39, 0.29) is 11.8 Å². The molecule has 1 heterocycles. The number of nitrogen functional groups attached to an aromatic ring is 1. The van der Waals surface area contributed by atoms with Crippen LogP contribution < -0.4 is 10.5 Å². The first-order valence-electron chi connectivity index (χ1n) is 7.60. The lowest BCUT2D eigenvalue weighted by Crippen LogP contribution is -2.30. The van der Waals surface area contributed by atoms with Crippen LogP contribution in [0.2, 0.25) is 0 Å². The number of carbonyl (C=O) groups is 2. The molecule has 0 fully saturated rings. The lowest BCUT2D eigenvalue weighted by molar-refractivity contribution is 0.0649. The van der Waals surface area contributed by atoms with Crippen molar-refractivity contribution in [1.29, 1.82) is 0 Å². The zero-order chi connectivity index (χ0) is 16.2. The Bertz CT molecular complexity index is 690. The zero-order valence-corrected chi connectivity index (χ0v) is 12.7. The van der Waals surface area contributed by atoms with Crippen molar-refractivity contribution in [3.8, 4) is 5.75 Å². The highest BCUT2D eigenvalue weighted by atomic mass is 16.5. The van der Waals surface area contributed by atoms with Crippen LogP contribution in [0.15, 0.2) is 48.5 Å². The summed E-state index contributed by atoms with van der Waals surface area (Å²) >= 11 is 0. The number of nitrogens with two attached hydrogens (primary N) is 1. The van der Waals surface area contributed by atoms with E-state index < -0.39 is 0 Å². The molecule has 2 aromatic rings. The minimum Gasteiger partial charge on any atom is -0.494 e. The predicted molar refractivity (Wildman–Crippen MR) is 87.4 cm³/mol. The summed E-state index contributed by atoms with van der Waals surface area (Å²) in [5.74, 6) is 0.357. The first kappa shape index (κ1) is 15.1. The Morgan fingerprint density at radius 1 is 0.870 bits per heavy atom. The number of rotatable bonds is 6. The number of hydrogen-bond donors (Lipinski definition) is 1. The number of anilines is 1. The molecule has 5 heteroatoms. The Hall–Kier alpha value is -2.82. The van der Waals surface area contributed by atoms with E-state index in [0.29, 0.717) is 36.4 Å². The molecule has 1 aliphatic rings. The summed E-state index contributed by atoms with van der Waals surface area (Å²) in [6.45, 7) is 0.949. The number of amides is 2. The third-order valence-electron chi connectivity index (χ3n) is 3.80. The molecular formula is C18H18N2O3. The normalized spacial score (nSPS) is 13.3. The van der Waals surface area contributed by atoms with Crippen molar-refractivity contribution >= 4 is 17.5 Å². The monoisotopic (exact) mass is 310 g/mol. The SMILES string of the molecule is Nc1ccc(OCCCCN2C(=O)c3ccccc3C2=O)cc1. The van der Waals surface area contributed by atoms with Crippen LogP contribution in [0.1, 0.15) is 33.6 Å². The summed E-state index contributed by atoms with van der Waals surface area (Å²) in [6, 6.07) is 14.1. The van der Waals surface area contributed by atoms with Crippen molar-refractivity contribution in [2.75, 3.05) is 18.9 Å². The van der Waals surface area contributed by atoms with E-state index in [2.05, 4.69) is 0 Å². The lowest BCUT2D eigenvalue weighted by atomic mass is 10.1. The quantitative estimate of drug-likeness (QED) is 0.506. The highest BCUT2D eigenvalue weighted by molar-refractivity contribution is 6.21. The van der Waals surface area contributed by atoms with Crippen molar-refractivity contribution in [2.24, 2.45) is 0 Å². The maximum atomic E-state index is 12.2. The van der Waals surface area contributed by atoms with Gasteiger partial charge < -0.3 is 10.5 Å². The topological polar surface area (TPSA) is 72.6 Å². The number of nitrogens with zero attached hydrogens (tertiary/aromatic N) is 1. The average Bonchev–Trinajstić information content (AvgIpc) is 2.81. The number of unbranched alkanes of at least 4 members (excludes halogenated alkanes) is 1. The summed E-state index contributed by atoms with van der Waals surface area (Å²) in [4.78, 5) is 25.7. The van der Waals surface area contributed by atoms with Crippen molar-refractivity contribution in [2.45, 2.75) is 12.8 Å². The van der Waals surface area contributed by atoms with Gasteiger partial charge in [0.15, 0.2) is 0 Å². The summed E-state index contributed by atoms with van der Waals surface area (Å²) in [5.41, 5.74) is 7.30. The van der Waals surface area contributed by atoms with Crippen LogP contribution >= 0.6 is 0 Å². The summed E-state index contributed by atoms with van der Waals surface area (Å²) < 4.78 is 5.60. The molecule has 1 aliphatic heterocycles. The third-order valence-corrected chi connectivity index (χ3v) is 3.80. The van der Waals surface area contributed by atoms with Crippen LogP contribution in [-0.4, -0.2) is 29.9 Å². The Morgan fingerprint density at radius 3 is 2.09 bits per heavy atom. The van der Waals surface area contributed by atoms with Gasteiger partial charge in [-0.05, 0) is 49.2 Å². The smallest absolute Gasteiger partial charge is 0.261 e. The molecular weight excluding hydrogens is 292 g/mol. The van der Waals surface area contributed by atoms with Gasteiger partial charge in [-0.25, -0.2) is 0 Å². The number of fused-ring (bicyclic) bond motifs is 1. The van der Waals surface area contributed by atoms with Gasteiger partial charge in [0.25, 0.3) is 11.8 Å². The van der Waals surface area contributed by atoms with Gasteiger partial charge in [0.05, 0.1) is 17.7 Å². The molecule has 0 aliphatic carbocycles. The second kappa shape index (κ2) is 6.52. The van der Waals surface area contributed by atoms with Crippen LogP contribution in [-0.2, 0) is 0 Å². The highest BCUT2D eigenvalue weighted by Crippen LogP contribution is 2.22. The average molecular weight is 310 g/mol. The van der Waals surface area contributed by atoms with Crippen LogP contribution in [0.5, 0.6) is 5.75 Å². The van der Waals surface area contributed by atoms with Crippen molar-refractivity contribution in [3.63, 3.8) is 0 Å². The summed E-state index contributed by atoms with van der Waals surface area (Å²) in [5, 5.41) is 0. The molecule has 0 radical (unpaired) electrons. The Kier molecular flexibility index (Phi) is 4.28. The molecule has 23 heavy (non-hydrogen) atoms. The second-order valence-electron chi connectivity index (χ2n) is 5.43. The van der Waals surface area contributed by atoms with Gasteiger partial charge in [0.1, 0.15) is 5.75 Å². The molecule has 5 nitrogen and oxygen atoms in total. The molecule has 2 aromatic carbocycles. The molecule has 3 rings (SSSR count). The summed E-state index contributed by atoms with van der Waals surface area (Å²) in [6.07, 6.45) is 1.47. The number of ether oxygens (including phenoxy) is 1. The molecule has 118 valence electrons. The van der Waals surface area contributed by atoms with E-state index in [1.54, 1.807) is 36.4 Å². The minimum atomic E-state index is -0.204. The molecule has 0 aromatic heterocycles. The molecule has 0 saturated heterocycles. The van der Waals surface area contributed by atoms with Gasteiger partial charge in [-0.15, -0.1) is 0 Å². The molecule has 0 atom stereocenters. The molecule has 0 spiro atoms. The molecule has 0 unspecified atom stereocenters. The van der Waals surface area contributed by atoms with E-state index in [9.17, 15) is 9.59 Å². The van der Waals surface area contributed by atoms with E-state index in [4.69, 9.17) is 10.5 Å². The maximum absolute atomic E-state index is 12.2. The minimum absolute atomic E-state index is 0.204. The number of imide groups is 1. The lowest BCUT2D eigenvalue weighted by Gasteiger charge is -2.13. The van der Waals surface area contributed by atoms with Gasteiger partial charge in [0.2, 0.25) is 0 Å². The molecule has 0 bridgehead atoms. The number of carbonyl (C=O) groups excluding carboxylic acids is 2. The van der Waals surface area contributed by atoms with Gasteiger partial charge in [0, 0.05) is 12.2 Å². The fourth-order valence-electron chi connectivity index (χ4n) is 2.57. The van der Waals surface area contributed by atoms with Crippen LogP contribution in [0, 0.1) is 0 Å². The fourth-order valence-corrected chi connectivity index (χ4v) is 2.57. The van der Waals surface area contributed by atoms with Gasteiger partial charge in [-0.1, -0.05) is 12.1 Å². The van der Waals surface area contributed by atoms with Crippen LogP contribution in [0.4, 0.5) is 5.69 Å². The maximum Gasteiger partial charge on any atom is 0.261 e. The second-order valence-corrected chi connectivity index (χ2v) is 5.43. The van der Waals surface area contributed by atoms with E-state index in [1.165, 1.54) is 4.90 Å². The van der Waals surface area contributed by atoms with Crippen molar-refractivity contribution in [3.05, 3.63) is 59.7 Å². The standard InChI is InChI=1S/C18H18N2O3/c19-13-7-9-14(10-8-13)23-12-4-3-11-20-17(21)15-5-1-2-6-16(15)18(20)22/h1-2,5-10H,3-4,11-12,19H2. The van der Waals surface area contributed by atoms with E-state index in [0.717, 1.165) is 12.2 Å². The third kappa shape index (κ3) is 3.18. The van der Waals surface area contributed by atoms with Crippen molar-refractivity contribution in [1.82, 2.24) is 4.90 Å². The first-order chi connectivity index (χ1) is 11.2. The van der Waals surface area contributed by atoms with Crippen LogP contribution in [0.25, 0.3) is 0 Å². The highest BCUT2D eigenvalue weighted by Gasteiger charge is 2.34. The zero-order valence-electron chi connectivity index (χ0n) is 12.7. The number of hydrogen-bond acceptors (Lipinski definition) is 4. The first-order valence-corrected chi connectivity index (χ1v) is 7.60. The predicted octanol–water partition coefficient (Wildman–Crippen LogP) is 2.72. The van der Waals surface area contributed by atoms with Crippen LogP contribution in [0.3, 0.4) is 0 Å². The largest absolute Gasteiger partial charge is 0.494 e. The Morgan fingerprint density at radius 2 is 1.48 bits per heavy atom. The molecule has 2 N–H and O–H groups in total. The fraction of sp³-hybridized carbons (Fsp3) is 0.222. The van der Waals surface area contributed by atoms with Gasteiger partial charge in [-0.3, -0.25) is 14.5 Å². The van der Waals surface area contributed by atoms with Gasteiger partial charge >= 0.3 is 0 Å². The van der Waals surface area contributed by atoms with E-state index in [1.807, 2.05) is 12.1 Å². The van der Waals surface area contributed by atoms with E-state index >= 15 is 0 Å². The number of benzene rings is 2. The van der Waals surface area contributed by atoms with Gasteiger partial charge in [-0.2, -0.15) is 0 Å². The summed E-state index contributed by atoms with van der Waals surface area (Å²) in [7, 11) is 0. The van der Waals surface area contributed by atoms with Crippen molar-refractivity contribution < 1.29 is 14.3 Å². The Balaban J connectivity index is 1.46.